The predicted octanol–water partition coefficient (Wildman–Crippen LogP) is 2.67. The number of unbranched alkanes of at least 4 members (excludes halogenated alkanes) is 2. The average molecular weight is 196 g/mol. The van der Waals surface area contributed by atoms with Crippen LogP contribution in [0, 0.1) is 6.92 Å². The molecule has 3 nitrogen and oxygen atoms in total. The summed E-state index contributed by atoms with van der Waals surface area (Å²) in [7, 11) is 0. The molecular formula is C11H20N2O. The Morgan fingerprint density at radius 1 is 1.50 bits per heavy atom. The van der Waals surface area contributed by atoms with Gasteiger partial charge >= 0.3 is 0 Å². The monoisotopic (exact) mass is 196 g/mol. The molecule has 14 heavy (non-hydrogen) atoms. The molecule has 80 valence electrons. The smallest absolute Gasteiger partial charge is 0.105 e. The van der Waals surface area contributed by atoms with E-state index in [0.29, 0.717) is 0 Å². The van der Waals surface area contributed by atoms with E-state index in [2.05, 4.69) is 12.3 Å². The molecule has 0 aliphatic carbocycles. The minimum absolute atomic E-state index is 0.236. The third-order valence-corrected chi connectivity index (χ3v) is 2.57. The lowest BCUT2D eigenvalue weighted by molar-refractivity contribution is 0.468. The van der Waals surface area contributed by atoms with Crippen LogP contribution in [0.25, 0.3) is 0 Å². The molecule has 0 amide bonds. The zero-order valence-electron chi connectivity index (χ0n) is 9.05. The van der Waals surface area contributed by atoms with E-state index < -0.39 is 0 Å². The van der Waals surface area contributed by atoms with Crippen molar-refractivity contribution < 1.29 is 4.42 Å². The molecule has 0 saturated carbocycles. The molecule has 3 N–H and O–H groups in total. The van der Waals surface area contributed by atoms with Crippen LogP contribution in [0.3, 0.4) is 0 Å². The number of rotatable bonds is 6. The quantitative estimate of drug-likeness (QED) is 0.418. The molecule has 0 fully saturated rings. The lowest BCUT2D eigenvalue weighted by Gasteiger charge is -2.14. The van der Waals surface area contributed by atoms with Gasteiger partial charge in [0.25, 0.3) is 0 Å². The van der Waals surface area contributed by atoms with Crippen LogP contribution in [-0.2, 0) is 0 Å². The number of hydrogen-bond acceptors (Lipinski definition) is 3. The van der Waals surface area contributed by atoms with E-state index in [1.807, 2.05) is 13.0 Å². The van der Waals surface area contributed by atoms with Gasteiger partial charge in [0, 0.05) is 11.6 Å². The molecule has 0 radical (unpaired) electrons. The minimum Gasteiger partial charge on any atom is -0.469 e. The van der Waals surface area contributed by atoms with Crippen molar-refractivity contribution in [3.63, 3.8) is 0 Å². The molecule has 1 aromatic heterocycles. The standard InChI is InChI=1S/C11H20N2O/c1-3-4-5-6-11(13-12)10-7-8-14-9(10)2/h7-8,11,13H,3-6,12H2,1-2H3. The summed E-state index contributed by atoms with van der Waals surface area (Å²) in [6, 6.07) is 2.23. The summed E-state index contributed by atoms with van der Waals surface area (Å²) in [5, 5.41) is 0. The maximum absolute atomic E-state index is 5.52. The van der Waals surface area contributed by atoms with Crippen LogP contribution in [0.4, 0.5) is 0 Å². The molecule has 0 aromatic carbocycles. The topological polar surface area (TPSA) is 51.2 Å². The van der Waals surface area contributed by atoms with Gasteiger partial charge < -0.3 is 4.42 Å². The first-order valence-corrected chi connectivity index (χ1v) is 5.29. The van der Waals surface area contributed by atoms with Gasteiger partial charge in [0.1, 0.15) is 5.76 Å². The third-order valence-electron chi connectivity index (χ3n) is 2.57. The van der Waals surface area contributed by atoms with Gasteiger partial charge in [-0.1, -0.05) is 26.2 Å². The predicted molar refractivity (Wildman–Crippen MR) is 57.7 cm³/mol. The minimum atomic E-state index is 0.236. The van der Waals surface area contributed by atoms with Crippen LogP contribution in [0.5, 0.6) is 0 Å². The summed E-state index contributed by atoms with van der Waals surface area (Å²) in [4.78, 5) is 0. The van der Waals surface area contributed by atoms with Crippen molar-refractivity contribution in [1.29, 1.82) is 0 Å². The van der Waals surface area contributed by atoms with Gasteiger partial charge in [0.2, 0.25) is 0 Å². The molecule has 0 aliphatic rings. The molecule has 1 unspecified atom stereocenters. The molecule has 0 spiro atoms. The Labute approximate surface area is 85.6 Å². The number of aryl methyl sites for hydroxylation is 1. The average Bonchev–Trinajstić information content (AvgIpc) is 2.60. The van der Waals surface area contributed by atoms with E-state index in [1.54, 1.807) is 6.26 Å². The van der Waals surface area contributed by atoms with Crippen LogP contribution in [0.2, 0.25) is 0 Å². The molecule has 0 bridgehead atoms. The van der Waals surface area contributed by atoms with Crippen LogP contribution >= 0.6 is 0 Å². The highest BCUT2D eigenvalue weighted by molar-refractivity contribution is 5.19. The van der Waals surface area contributed by atoms with Crippen LogP contribution in [0.1, 0.15) is 50.0 Å². The van der Waals surface area contributed by atoms with Gasteiger partial charge in [-0.2, -0.15) is 0 Å². The summed E-state index contributed by atoms with van der Waals surface area (Å²) in [6.07, 6.45) is 6.49. The third kappa shape index (κ3) is 2.86. The maximum atomic E-state index is 5.52. The van der Waals surface area contributed by atoms with E-state index in [1.165, 1.54) is 24.8 Å². The number of furan rings is 1. The molecule has 1 atom stereocenters. The number of nitrogens with two attached hydrogens (primary N) is 1. The SMILES string of the molecule is CCCCCC(NN)c1ccoc1C. The van der Waals surface area contributed by atoms with Crippen molar-refractivity contribution in [3.8, 4) is 0 Å². The van der Waals surface area contributed by atoms with Crippen LogP contribution in [0.15, 0.2) is 16.7 Å². The lowest BCUT2D eigenvalue weighted by Crippen LogP contribution is -2.28. The molecule has 1 heterocycles. The fraction of sp³-hybridized carbons (Fsp3) is 0.636. The van der Waals surface area contributed by atoms with Crippen molar-refractivity contribution in [2.75, 3.05) is 0 Å². The zero-order valence-corrected chi connectivity index (χ0v) is 9.05. The summed E-state index contributed by atoms with van der Waals surface area (Å²) in [6.45, 7) is 4.17. The fourth-order valence-corrected chi connectivity index (χ4v) is 1.68. The molecule has 0 aliphatic heterocycles. The lowest BCUT2D eigenvalue weighted by atomic mass is 10.0. The van der Waals surface area contributed by atoms with Gasteiger partial charge in [-0.05, 0) is 19.4 Å². The van der Waals surface area contributed by atoms with Crippen molar-refractivity contribution in [2.24, 2.45) is 5.84 Å². The first-order chi connectivity index (χ1) is 6.79. The molecule has 3 heteroatoms. The number of hydrazine groups is 1. The fourth-order valence-electron chi connectivity index (χ4n) is 1.68. The Morgan fingerprint density at radius 3 is 2.79 bits per heavy atom. The molecule has 1 aromatic rings. The Bertz CT molecular complexity index is 258. The zero-order chi connectivity index (χ0) is 10.4. The van der Waals surface area contributed by atoms with Crippen molar-refractivity contribution in [2.45, 2.75) is 45.6 Å². The summed E-state index contributed by atoms with van der Waals surface area (Å²) in [5.41, 5.74) is 4.03. The van der Waals surface area contributed by atoms with Gasteiger partial charge in [-0.25, -0.2) is 0 Å². The maximum Gasteiger partial charge on any atom is 0.105 e. The largest absolute Gasteiger partial charge is 0.469 e. The Hall–Kier alpha value is -0.800. The number of hydrogen-bond donors (Lipinski definition) is 2. The first kappa shape index (κ1) is 11.3. The van der Waals surface area contributed by atoms with Crippen LogP contribution in [-0.4, -0.2) is 0 Å². The van der Waals surface area contributed by atoms with E-state index in [9.17, 15) is 0 Å². The second-order valence-electron chi connectivity index (χ2n) is 3.65. The van der Waals surface area contributed by atoms with Gasteiger partial charge in [0.05, 0.1) is 6.26 Å². The Morgan fingerprint density at radius 2 is 2.29 bits per heavy atom. The second-order valence-corrected chi connectivity index (χ2v) is 3.65. The summed E-state index contributed by atoms with van der Waals surface area (Å²) in [5.74, 6) is 6.49. The molecule has 1 rings (SSSR count). The van der Waals surface area contributed by atoms with Gasteiger partial charge in [-0.3, -0.25) is 11.3 Å². The van der Waals surface area contributed by atoms with E-state index in [-0.39, 0.29) is 6.04 Å². The van der Waals surface area contributed by atoms with Crippen LogP contribution < -0.4 is 11.3 Å². The van der Waals surface area contributed by atoms with Crippen molar-refractivity contribution >= 4 is 0 Å². The van der Waals surface area contributed by atoms with Gasteiger partial charge in [-0.15, -0.1) is 0 Å². The first-order valence-electron chi connectivity index (χ1n) is 5.29. The summed E-state index contributed by atoms with van der Waals surface area (Å²) >= 11 is 0. The normalized spacial score (nSPS) is 13.1. The van der Waals surface area contributed by atoms with E-state index >= 15 is 0 Å². The molecular weight excluding hydrogens is 176 g/mol. The second kappa shape index (κ2) is 5.83. The van der Waals surface area contributed by atoms with Crippen molar-refractivity contribution in [3.05, 3.63) is 23.7 Å². The highest BCUT2D eigenvalue weighted by Crippen LogP contribution is 2.22. The summed E-state index contributed by atoms with van der Waals surface area (Å²) < 4.78 is 5.26. The van der Waals surface area contributed by atoms with E-state index in [0.717, 1.165) is 12.2 Å². The Kier molecular flexibility index (Phi) is 4.70. The Balaban J connectivity index is 2.50. The van der Waals surface area contributed by atoms with Gasteiger partial charge in [0.15, 0.2) is 0 Å². The van der Waals surface area contributed by atoms with Crippen molar-refractivity contribution in [1.82, 2.24) is 5.43 Å². The number of nitrogens with one attached hydrogen (secondary N) is 1. The highest BCUT2D eigenvalue weighted by Gasteiger charge is 2.13. The highest BCUT2D eigenvalue weighted by atomic mass is 16.3. The van der Waals surface area contributed by atoms with E-state index in [4.69, 9.17) is 10.3 Å². The molecule has 0 saturated heterocycles.